The van der Waals surface area contributed by atoms with E-state index in [1.54, 1.807) is 16.2 Å². The van der Waals surface area contributed by atoms with Gasteiger partial charge in [-0.1, -0.05) is 0 Å². The van der Waals surface area contributed by atoms with Gasteiger partial charge in [0.15, 0.2) is 0 Å². The van der Waals surface area contributed by atoms with Crippen LogP contribution in [0.25, 0.3) is 0 Å². The van der Waals surface area contributed by atoms with Crippen molar-refractivity contribution in [2.24, 2.45) is 0 Å². The van der Waals surface area contributed by atoms with Crippen molar-refractivity contribution in [3.8, 4) is 0 Å². The average Bonchev–Trinajstić information content (AvgIpc) is 3.03. The highest BCUT2D eigenvalue weighted by atomic mass is 32.1. The Morgan fingerprint density at radius 3 is 2.76 bits per heavy atom. The first-order chi connectivity index (χ1) is 9.97. The summed E-state index contributed by atoms with van der Waals surface area (Å²) < 4.78 is 5.57. The van der Waals surface area contributed by atoms with E-state index in [-0.39, 0.29) is 25.0 Å². The number of carbonyl (C=O) groups excluding carboxylic acids is 1. The van der Waals surface area contributed by atoms with Crippen molar-refractivity contribution >= 4 is 23.2 Å². The van der Waals surface area contributed by atoms with Crippen LogP contribution in [0, 0.1) is 13.8 Å². The second kappa shape index (κ2) is 7.04. The number of aliphatic carboxylic acids is 1. The summed E-state index contributed by atoms with van der Waals surface area (Å²) in [5.74, 6) is -0.980. The van der Waals surface area contributed by atoms with Crippen LogP contribution in [-0.4, -0.2) is 47.7 Å². The lowest BCUT2D eigenvalue weighted by Gasteiger charge is -2.25. The van der Waals surface area contributed by atoms with Crippen LogP contribution in [-0.2, 0) is 9.53 Å². The van der Waals surface area contributed by atoms with E-state index in [1.165, 1.54) is 0 Å². The highest BCUT2D eigenvalue weighted by Crippen LogP contribution is 2.23. The molecule has 1 aliphatic rings. The molecule has 1 aromatic rings. The number of hydrogen-bond acceptors (Lipinski definition) is 4. The van der Waals surface area contributed by atoms with Crippen LogP contribution in [0.5, 0.6) is 0 Å². The van der Waals surface area contributed by atoms with Crippen molar-refractivity contribution < 1.29 is 19.4 Å². The van der Waals surface area contributed by atoms with Crippen molar-refractivity contribution in [3.05, 3.63) is 21.4 Å². The first kappa shape index (κ1) is 16.0. The number of nitrogens with zero attached hydrogens (tertiary/aromatic N) is 1. The van der Waals surface area contributed by atoms with E-state index in [0.29, 0.717) is 12.1 Å². The number of carboxylic acids is 1. The molecule has 1 fully saturated rings. The van der Waals surface area contributed by atoms with Gasteiger partial charge in [-0.3, -0.25) is 9.59 Å². The van der Waals surface area contributed by atoms with Gasteiger partial charge in [0.25, 0.3) is 5.91 Å². The molecule has 2 heterocycles. The number of carboxylic acid groups (broad SMARTS) is 1. The minimum atomic E-state index is -0.890. The van der Waals surface area contributed by atoms with Crippen LogP contribution in [0.4, 0.5) is 0 Å². The maximum absolute atomic E-state index is 12.7. The lowest BCUT2D eigenvalue weighted by molar-refractivity contribution is -0.137. The van der Waals surface area contributed by atoms with Crippen LogP contribution in [0.2, 0.25) is 0 Å². The Kier molecular flexibility index (Phi) is 5.36. The first-order valence-electron chi connectivity index (χ1n) is 7.17. The summed E-state index contributed by atoms with van der Waals surface area (Å²) in [4.78, 5) is 27.2. The number of thiophene rings is 1. The predicted molar refractivity (Wildman–Crippen MR) is 80.9 cm³/mol. The third-order valence-electron chi connectivity index (χ3n) is 3.60. The molecule has 2 rings (SSSR count). The smallest absolute Gasteiger partial charge is 0.305 e. The number of ether oxygens (including phenoxy) is 1. The minimum Gasteiger partial charge on any atom is -0.481 e. The highest BCUT2D eigenvalue weighted by Gasteiger charge is 2.25. The summed E-state index contributed by atoms with van der Waals surface area (Å²) in [6.07, 6.45) is 1.92. The molecule has 21 heavy (non-hydrogen) atoms. The van der Waals surface area contributed by atoms with Gasteiger partial charge in [0.05, 0.1) is 18.1 Å². The Morgan fingerprint density at radius 2 is 2.24 bits per heavy atom. The third-order valence-corrected chi connectivity index (χ3v) is 4.57. The van der Waals surface area contributed by atoms with E-state index in [1.807, 2.05) is 19.9 Å². The van der Waals surface area contributed by atoms with E-state index >= 15 is 0 Å². The van der Waals surface area contributed by atoms with E-state index in [4.69, 9.17) is 9.84 Å². The molecule has 0 spiro atoms. The normalized spacial score (nSPS) is 17.9. The van der Waals surface area contributed by atoms with Crippen LogP contribution < -0.4 is 0 Å². The zero-order valence-electron chi connectivity index (χ0n) is 12.4. The number of aryl methyl sites for hydroxylation is 2. The van der Waals surface area contributed by atoms with Gasteiger partial charge in [0.2, 0.25) is 0 Å². The predicted octanol–water partition coefficient (Wildman–Crippen LogP) is 2.46. The van der Waals surface area contributed by atoms with Crippen LogP contribution in [0.15, 0.2) is 6.07 Å². The SMILES string of the molecule is Cc1cc(C(=O)N(CCC(=O)O)CC2CCCO2)c(C)s1. The molecule has 1 N–H and O–H groups in total. The van der Waals surface area contributed by atoms with Crippen LogP contribution >= 0.6 is 11.3 Å². The standard InChI is InChI=1S/C15H21NO4S/c1-10-8-13(11(2)21-10)15(19)16(6-5-14(17)18)9-12-4-3-7-20-12/h8,12H,3-7,9H2,1-2H3,(H,17,18). The molecule has 5 nitrogen and oxygen atoms in total. The monoisotopic (exact) mass is 311 g/mol. The number of carbonyl (C=O) groups is 2. The van der Waals surface area contributed by atoms with Crippen molar-refractivity contribution in [3.63, 3.8) is 0 Å². The van der Waals surface area contributed by atoms with E-state index in [9.17, 15) is 9.59 Å². The molecule has 1 saturated heterocycles. The molecule has 0 radical (unpaired) electrons. The molecule has 0 aromatic carbocycles. The zero-order chi connectivity index (χ0) is 15.4. The summed E-state index contributed by atoms with van der Waals surface area (Å²) >= 11 is 1.59. The van der Waals surface area contributed by atoms with Gasteiger partial charge in [0, 0.05) is 29.5 Å². The van der Waals surface area contributed by atoms with Crippen LogP contribution in [0.3, 0.4) is 0 Å². The molecule has 1 aromatic heterocycles. The average molecular weight is 311 g/mol. The largest absolute Gasteiger partial charge is 0.481 e. The molecule has 0 bridgehead atoms. The third kappa shape index (κ3) is 4.28. The molecule has 6 heteroatoms. The zero-order valence-corrected chi connectivity index (χ0v) is 13.2. The fourth-order valence-electron chi connectivity index (χ4n) is 2.55. The Morgan fingerprint density at radius 1 is 1.48 bits per heavy atom. The van der Waals surface area contributed by atoms with E-state index in [0.717, 1.165) is 29.2 Å². The topological polar surface area (TPSA) is 66.8 Å². The molecule has 1 aliphatic heterocycles. The minimum absolute atomic E-state index is 0.0304. The van der Waals surface area contributed by atoms with Gasteiger partial charge < -0.3 is 14.7 Å². The van der Waals surface area contributed by atoms with Crippen molar-refractivity contribution in [2.75, 3.05) is 19.7 Å². The number of hydrogen-bond donors (Lipinski definition) is 1. The highest BCUT2D eigenvalue weighted by molar-refractivity contribution is 7.12. The second-order valence-electron chi connectivity index (χ2n) is 5.36. The summed E-state index contributed by atoms with van der Waals surface area (Å²) in [7, 11) is 0. The maximum Gasteiger partial charge on any atom is 0.305 e. The second-order valence-corrected chi connectivity index (χ2v) is 6.82. The fraction of sp³-hybridized carbons (Fsp3) is 0.600. The van der Waals surface area contributed by atoms with Crippen molar-refractivity contribution in [1.29, 1.82) is 0 Å². The molecular weight excluding hydrogens is 290 g/mol. The molecular formula is C15H21NO4S. The lowest BCUT2D eigenvalue weighted by atomic mass is 10.1. The quantitative estimate of drug-likeness (QED) is 0.876. The van der Waals surface area contributed by atoms with Gasteiger partial charge >= 0.3 is 5.97 Å². The van der Waals surface area contributed by atoms with Gasteiger partial charge in [0.1, 0.15) is 0 Å². The Hall–Kier alpha value is -1.40. The molecule has 1 amide bonds. The summed E-state index contributed by atoms with van der Waals surface area (Å²) in [5.41, 5.74) is 0.681. The lowest BCUT2D eigenvalue weighted by Crippen LogP contribution is -2.38. The van der Waals surface area contributed by atoms with E-state index < -0.39 is 5.97 Å². The van der Waals surface area contributed by atoms with Crippen molar-refractivity contribution in [1.82, 2.24) is 4.90 Å². The Balaban J connectivity index is 2.10. The van der Waals surface area contributed by atoms with E-state index in [2.05, 4.69) is 0 Å². The van der Waals surface area contributed by atoms with Crippen LogP contribution in [0.1, 0.15) is 39.4 Å². The first-order valence-corrected chi connectivity index (χ1v) is 7.98. The number of amides is 1. The molecule has 116 valence electrons. The fourth-order valence-corrected chi connectivity index (χ4v) is 3.47. The Bertz CT molecular complexity index is 520. The van der Waals surface area contributed by atoms with Gasteiger partial charge in [-0.15, -0.1) is 11.3 Å². The Labute approximate surface area is 128 Å². The summed E-state index contributed by atoms with van der Waals surface area (Å²) in [6, 6.07) is 1.88. The molecule has 0 saturated carbocycles. The van der Waals surface area contributed by atoms with Crippen molar-refractivity contribution in [2.45, 2.75) is 39.2 Å². The maximum atomic E-state index is 12.7. The molecule has 1 unspecified atom stereocenters. The van der Waals surface area contributed by atoms with Gasteiger partial charge in [-0.25, -0.2) is 0 Å². The van der Waals surface area contributed by atoms with Gasteiger partial charge in [-0.05, 0) is 32.8 Å². The molecule has 0 aliphatic carbocycles. The number of rotatable bonds is 6. The van der Waals surface area contributed by atoms with Gasteiger partial charge in [-0.2, -0.15) is 0 Å². The molecule has 1 atom stereocenters. The summed E-state index contributed by atoms with van der Waals surface area (Å²) in [5, 5.41) is 8.87. The summed E-state index contributed by atoms with van der Waals surface area (Å²) in [6.45, 7) is 5.31.